The number of amides is 1. The van der Waals surface area contributed by atoms with Gasteiger partial charge in [0.15, 0.2) is 0 Å². The van der Waals surface area contributed by atoms with Crippen LogP contribution in [0, 0.1) is 0 Å². The molecule has 6 nitrogen and oxygen atoms in total. The first-order valence-electron chi connectivity index (χ1n) is 9.16. The van der Waals surface area contributed by atoms with E-state index in [-0.39, 0.29) is 5.91 Å². The van der Waals surface area contributed by atoms with Crippen molar-refractivity contribution < 1.29 is 14.3 Å². The van der Waals surface area contributed by atoms with E-state index in [9.17, 15) is 4.79 Å². The number of aromatic nitrogens is 2. The fourth-order valence-corrected chi connectivity index (χ4v) is 3.36. The van der Waals surface area contributed by atoms with Gasteiger partial charge in [0, 0.05) is 12.8 Å². The summed E-state index contributed by atoms with van der Waals surface area (Å²) >= 11 is 1.41. The van der Waals surface area contributed by atoms with Crippen molar-refractivity contribution in [3.8, 4) is 11.5 Å². The Morgan fingerprint density at radius 1 is 1.00 bits per heavy atom. The van der Waals surface area contributed by atoms with Gasteiger partial charge in [0.1, 0.15) is 16.5 Å². The number of nitrogens with one attached hydrogen (secondary N) is 1. The predicted octanol–water partition coefficient (Wildman–Crippen LogP) is 4.13. The molecule has 0 bridgehead atoms. The minimum atomic E-state index is -0.0640. The Morgan fingerprint density at radius 3 is 2.54 bits per heavy atom. The summed E-state index contributed by atoms with van der Waals surface area (Å²) < 4.78 is 10.8. The van der Waals surface area contributed by atoms with E-state index in [0.717, 1.165) is 34.9 Å². The number of benzene rings is 2. The Kier molecular flexibility index (Phi) is 7.37. The van der Waals surface area contributed by atoms with Crippen molar-refractivity contribution in [2.75, 3.05) is 19.0 Å². The molecule has 1 N–H and O–H groups in total. The monoisotopic (exact) mass is 397 g/mol. The summed E-state index contributed by atoms with van der Waals surface area (Å²) in [5, 5.41) is 12.4. The van der Waals surface area contributed by atoms with Crippen molar-refractivity contribution in [3.63, 3.8) is 0 Å². The van der Waals surface area contributed by atoms with Gasteiger partial charge < -0.3 is 14.8 Å². The summed E-state index contributed by atoms with van der Waals surface area (Å²) in [6.07, 6.45) is 2.67. The molecule has 0 aliphatic rings. The highest BCUT2D eigenvalue weighted by Crippen LogP contribution is 2.18. The van der Waals surface area contributed by atoms with E-state index in [4.69, 9.17) is 9.47 Å². The molecule has 0 fully saturated rings. The minimum absolute atomic E-state index is 0.0640. The standard InChI is InChI=1S/C21H23N3O3S/c1-26-17-12-9-16(10-13-17)11-14-19(25)22-21-24-23-20(28-21)8-5-15-27-18-6-3-2-4-7-18/h2-4,6-7,9-10,12-13H,5,8,11,14-15H2,1H3,(H,22,24,25). The van der Waals surface area contributed by atoms with E-state index in [1.54, 1.807) is 7.11 Å². The van der Waals surface area contributed by atoms with Crippen LogP contribution in [0.25, 0.3) is 0 Å². The van der Waals surface area contributed by atoms with Crippen molar-refractivity contribution in [2.45, 2.75) is 25.7 Å². The highest BCUT2D eigenvalue weighted by Gasteiger charge is 2.09. The fourth-order valence-electron chi connectivity index (χ4n) is 2.57. The average Bonchev–Trinajstić information content (AvgIpc) is 3.18. The Balaban J connectivity index is 1.36. The molecule has 3 aromatic rings. The Bertz CT molecular complexity index is 866. The third-order valence-corrected chi connectivity index (χ3v) is 4.96. The van der Waals surface area contributed by atoms with Crippen LogP contribution in [0.15, 0.2) is 54.6 Å². The maximum Gasteiger partial charge on any atom is 0.226 e. The molecule has 1 heterocycles. The van der Waals surface area contributed by atoms with E-state index in [1.165, 1.54) is 11.3 Å². The van der Waals surface area contributed by atoms with E-state index in [0.29, 0.717) is 24.6 Å². The second-order valence-corrected chi connectivity index (χ2v) is 7.22. The molecule has 146 valence electrons. The molecule has 0 saturated heterocycles. The Hall–Kier alpha value is -2.93. The first-order valence-corrected chi connectivity index (χ1v) is 9.97. The van der Waals surface area contributed by atoms with E-state index in [2.05, 4.69) is 15.5 Å². The number of methoxy groups -OCH3 is 1. The number of anilines is 1. The molecule has 1 amide bonds. The maximum atomic E-state index is 12.1. The summed E-state index contributed by atoms with van der Waals surface area (Å²) in [7, 11) is 1.63. The third-order valence-electron chi connectivity index (χ3n) is 4.06. The molecule has 7 heteroatoms. The third kappa shape index (κ3) is 6.35. The average molecular weight is 398 g/mol. The molecule has 0 spiro atoms. The second-order valence-electron chi connectivity index (χ2n) is 6.16. The van der Waals surface area contributed by atoms with Crippen molar-refractivity contribution in [1.82, 2.24) is 10.2 Å². The molecule has 3 rings (SSSR count). The molecule has 0 unspecified atom stereocenters. The Morgan fingerprint density at radius 2 is 1.79 bits per heavy atom. The van der Waals surface area contributed by atoms with E-state index >= 15 is 0 Å². The molecule has 2 aromatic carbocycles. The Labute approximate surface area is 168 Å². The zero-order valence-electron chi connectivity index (χ0n) is 15.8. The van der Waals surface area contributed by atoms with Gasteiger partial charge >= 0.3 is 0 Å². The van der Waals surface area contributed by atoms with Gasteiger partial charge in [-0.15, -0.1) is 10.2 Å². The summed E-state index contributed by atoms with van der Waals surface area (Å²) in [5.41, 5.74) is 1.09. The van der Waals surface area contributed by atoms with Gasteiger partial charge in [0.05, 0.1) is 13.7 Å². The van der Waals surface area contributed by atoms with Gasteiger partial charge in [-0.2, -0.15) is 0 Å². The van der Waals surface area contributed by atoms with Crippen LogP contribution in [0.1, 0.15) is 23.4 Å². The molecule has 0 atom stereocenters. The fraction of sp³-hybridized carbons (Fsp3) is 0.286. The number of rotatable bonds is 10. The number of aryl methyl sites for hydroxylation is 2. The van der Waals surface area contributed by atoms with Gasteiger partial charge in [-0.3, -0.25) is 4.79 Å². The van der Waals surface area contributed by atoms with Crippen molar-refractivity contribution in [3.05, 3.63) is 65.2 Å². The molecule has 0 radical (unpaired) electrons. The number of hydrogen-bond donors (Lipinski definition) is 1. The van der Waals surface area contributed by atoms with E-state index in [1.807, 2.05) is 54.6 Å². The lowest BCUT2D eigenvalue weighted by atomic mass is 10.1. The normalized spacial score (nSPS) is 10.5. The van der Waals surface area contributed by atoms with Gasteiger partial charge in [-0.1, -0.05) is 41.7 Å². The largest absolute Gasteiger partial charge is 0.497 e. The lowest BCUT2D eigenvalue weighted by molar-refractivity contribution is -0.116. The van der Waals surface area contributed by atoms with Crippen LogP contribution in [0.2, 0.25) is 0 Å². The minimum Gasteiger partial charge on any atom is -0.497 e. The zero-order valence-corrected chi connectivity index (χ0v) is 16.6. The lowest BCUT2D eigenvalue weighted by Gasteiger charge is -2.04. The van der Waals surface area contributed by atoms with E-state index < -0.39 is 0 Å². The first kappa shape index (κ1) is 19.8. The maximum absolute atomic E-state index is 12.1. The van der Waals surface area contributed by atoms with Crippen LogP contribution in [0.5, 0.6) is 11.5 Å². The smallest absolute Gasteiger partial charge is 0.226 e. The first-order chi connectivity index (χ1) is 13.7. The van der Waals surface area contributed by atoms with Crippen molar-refractivity contribution in [2.24, 2.45) is 0 Å². The number of carbonyl (C=O) groups is 1. The predicted molar refractivity (Wildman–Crippen MR) is 110 cm³/mol. The van der Waals surface area contributed by atoms with Gasteiger partial charge in [-0.05, 0) is 42.7 Å². The molecular weight excluding hydrogens is 374 g/mol. The van der Waals surface area contributed by atoms with Crippen LogP contribution in [-0.4, -0.2) is 29.8 Å². The van der Waals surface area contributed by atoms with Crippen LogP contribution in [0.4, 0.5) is 5.13 Å². The summed E-state index contributed by atoms with van der Waals surface area (Å²) in [6.45, 7) is 0.618. The van der Waals surface area contributed by atoms with Crippen LogP contribution < -0.4 is 14.8 Å². The number of ether oxygens (including phenoxy) is 2. The topological polar surface area (TPSA) is 73.3 Å². The SMILES string of the molecule is COc1ccc(CCC(=O)Nc2nnc(CCCOc3ccccc3)s2)cc1. The zero-order chi connectivity index (χ0) is 19.6. The second kappa shape index (κ2) is 10.4. The van der Waals surface area contributed by atoms with Crippen LogP contribution in [0.3, 0.4) is 0 Å². The van der Waals surface area contributed by atoms with Gasteiger partial charge in [-0.25, -0.2) is 0 Å². The van der Waals surface area contributed by atoms with Crippen molar-refractivity contribution in [1.29, 1.82) is 0 Å². The van der Waals surface area contributed by atoms with Gasteiger partial charge in [0.25, 0.3) is 0 Å². The molecule has 28 heavy (non-hydrogen) atoms. The highest BCUT2D eigenvalue weighted by atomic mass is 32.1. The summed E-state index contributed by atoms with van der Waals surface area (Å²) in [5.74, 6) is 1.61. The summed E-state index contributed by atoms with van der Waals surface area (Å²) in [6, 6.07) is 17.4. The molecule has 0 aliphatic carbocycles. The highest BCUT2D eigenvalue weighted by molar-refractivity contribution is 7.15. The van der Waals surface area contributed by atoms with Crippen LogP contribution >= 0.6 is 11.3 Å². The number of hydrogen-bond acceptors (Lipinski definition) is 6. The number of nitrogens with zero attached hydrogens (tertiary/aromatic N) is 2. The number of para-hydroxylation sites is 1. The quantitative estimate of drug-likeness (QED) is 0.521. The van der Waals surface area contributed by atoms with Crippen LogP contribution in [-0.2, 0) is 17.6 Å². The van der Waals surface area contributed by atoms with Crippen molar-refractivity contribution >= 4 is 22.4 Å². The lowest BCUT2D eigenvalue weighted by Crippen LogP contribution is -2.12. The molecule has 0 aliphatic heterocycles. The molecular formula is C21H23N3O3S. The molecule has 0 saturated carbocycles. The molecule has 1 aromatic heterocycles. The number of carbonyl (C=O) groups excluding carboxylic acids is 1. The summed E-state index contributed by atoms with van der Waals surface area (Å²) in [4.78, 5) is 12.1. The van der Waals surface area contributed by atoms with Gasteiger partial charge in [0.2, 0.25) is 11.0 Å².